The van der Waals surface area contributed by atoms with Gasteiger partial charge in [0.15, 0.2) is 0 Å². The Morgan fingerprint density at radius 2 is 2.31 bits per heavy atom. The first-order valence-electron chi connectivity index (χ1n) is 4.11. The summed E-state index contributed by atoms with van der Waals surface area (Å²) in [5, 5.41) is 0. The van der Waals surface area contributed by atoms with Gasteiger partial charge in [-0.05, 0) is 24.1 Å². The fourth-order valence-electron chi connectivity index (χ4n) is 1.26. The molecule has 68 valence electrons. The van der Waals surface area contributed by atoms with Gasteiger partial charge in [0.25, 0.3) is 0 Å². The van der Waals surface area contributed by atoms with Crippen LogP contribution < -0.4 is 5.73 Å². The fraction of sp³-hybridized carbons (Fsp3) is 0.273. The molecule has 0 aliphatic heterocycles. The van der Waals surface area contributed by atoms with E-state index in [0.717, 1.165) is 10.0 Å². The van der Waals surface area contributed by atoms with Crippen molar-refractivity contribution >= 4 is 15.9 Å². The van der Waals surface area contributed by atoms with Gasteiger partial charge in [-0.3, -0.25) is 0 Å². The van der Waals surface area contributed by atoms with Crippen molar-refractivity contribution in [2.24, 2.45) is 5.73 Å². The Kier molecular flexibility index (Phi) is 3.53. The van der Waals surface area contributed by atoms with Crippen LogP contribution in [0.25, 0.3) is 0 Å². The minimum atomic E-state index is -0.0532. The van der Waals surface area contributed by atoms with Gasteiger partial charge in [0.2, 0.25) is 0 Å². The smallest absolute Gasteiger partial charge is 0.0408 e. The van der Waals surface area contributed by atoms with Crippen LogP contribution in [0.5, 0.6) is 0 Å². The zero-order valence-electron chi connectivity index (χ0n) is 7.55. The maximum atomic E-state index is 5.91. The molecule has 1 aromatic rings. The van der Waals surface area contributed by atoms with Gasteiger partial charge in [-0.1, -0.05) is 28.1 Å². The molecule has 0 bridgehead atoms. The number of hydrogen-bond donors (Lipinski definition) is 1. The molecule has 0 amide bonds. The molecule has 0 aliphatic carbocycles. The monoisotopic (exact) mass is 237 g/mol. The zero-order valence-corrected chi connectivity index (χ0v) is 9.14. The lowest BCUT2D eigenvalue weighted by Gasteiger charge is -2.12. The first-order chi connectivity index (χ1) is 6.16. The van der Waals surface area contributed by atoms with Gasteiger partial charge in [-0.15, -0.1) is 12.3 Å². The molecule has 1 atom stereocenters. The summed E-state index contributed by atoms with van der Waals surface area (Å²) < 4.78 is 1.08. The summed E-state index contributed by atoms with van der Waals surface area (Å²) >= 11 is 3.46. The second kappa shape index (κ2) is 4.45. The highest BCUT2D eigenvalue weighted by molar-refractivity contribution is 9.10. The molecule has 0 spiro atoms. The average molecular weight is 238 g/mol. The summed E-state index contributed by atoms with van der Waals surface area (Å²) in [6.07, 6.45) is 5.79. The Bertz CT molecular complexity index is 338. The maximum absolute atomic E-state index is 5.91. The van der Waals surface area contributed by atoms with Gasteiger partial charge in [0.05, 0.1) is 0 Å². The molecule has 1 unspecified atom stereocenters. The maximum Gasteiger partial charge on any atom is 0.0408 e. The first-order valence-corrected chi connectivity index (χ1v) is 4.90. The van der Waals surface area contributed by atoms with Crippen LogP contribution in [0.15, 0.2) is 22.7 Å². The van der Waals surface area contributed by atoms with Crippen LogP contribution in [-0.2, 0) is 0 Å². The molecule has 0 saturated carbocycles. The number of rotatable bonds is 2. The molecule has 1 nitrogen and oxygen atoms in total. The van der Waals surface area contributed by atoms with Crippen molar-refractivity contribution < 1.29 is 0 Å². The van der Waals surface area contributed by atoms with Gasteiger partial charge in [0.1, 0.15) is 0 Å². The number of terminal acetylenes is 1. The van der Waals surface area contributed by atoms with Crippen molar-refractivity contribution in [1.82, 2.24) is 0 Å². The van der Waals surface area contributed by atoms with Crippen LogP contribution in [0.3, 0.4) is 0 Å². The van der Waals surface area contributed by atoms with E-state index in [4.69, 9.17) is 12.2 Å². The summed E-state index contributed by atoms with van der Waals surface area (Å²) in [6.45, 7) is 2.04. The topological polar surface area (TPSA) is 26.0 Å². The van der Waals surface area contributed by atoms with E-state index in [0.29, 0.717) is 6.42 Å². The van der Waals surface area contributed by atoms with Crippen LogP contribution in [0.2, 0.25) is 0 Å². The summed E-state index contributed by atoms with van der Waals surface area (Å²) in [5.41, 5.74) is 8.20. The summed E-state index contributed by atoms with van der Waals surface area (Å²) in [6, 6.07) is 5.94. The highest BCUT2D eigenvalue weighted by Crippen LogP contribution is 2.24. The summed E-state index contributed by atoms with van der Waals surface area (Å²) in [7, 11) is 0. The predicted octanol–water partition coefficient (Wildman–Crippen LogP) is 2.78. The Labute approximate surface area is 87.5 Å². The Morgan fingerprint density at radius 3 is 2.92 bits per heavy atom. The third-order valence-corrected chi connectivity index (χ3v) is 2.91. The summed E-state index contributed by atoms with van der Waals surface area (Å²) in [5.74, 6) is 2.57. The van der Waals surface area contributed by atoms with E-state index in [2.05, 4.69) is 21.9 Å². The van der Waals surface area contributed by atoms with Crippen molar-refractivity contribution in [3.05, 3.63) is 33.8 Å². The van der Waals surface area contributed by atoms with E-state index in [1.165, 1.54) is 5.56 Å². The van der Waals surface area contributed by atoms with Crippen molar-refractivity contribution in [1.29, 1.82) is 0 Å². The van der Waals surface area contributed by atoms with E-state index in [1.54, 1.807) is 0 Å². The summed E-state index contributed by atoms with van der Waals surface area (Å²) in [4.78, 5) is 0. The Morgan fingerprint density at radius 1 is 1.62 bits per heavy atom. The Balaban J connectivity index is 3.02. The van der Waals surface area contributed by atoms with E-state index < -0.39 is 0 Å². The molecule has 0 fully saturated rings. The largest absolute Gasteiger partial charge is 0.323 e. The molecular weight excluding hydrogens is 226 g/mol. The van der Waals surface area contributed by atoms with E-state index >= 15 is 0 Å². The second-order valence-corrected chi connectivity index (χ2v) is 3.82. The lowest BCUT2D eigenvalue weighted by atomic mass is 10.00. The van der Waals surface area contributed by atoms with Gasteiger partial charge in [0, 0.05) is 16.9 Å². The standard InChI is InChI=1S/C11H12BrN/c1-3-5-11(13)9-6-4-7-10(12)8(9)2/h1,4,6-7,11H,5,13H2,2H3. The molecule has 0 aromatic heterocycles. The minimum absolute atomic E-state index is 0.0532. The predicted molar refractivity (Wildman–Crippen MR) is 59.3 cm³/mol. The quantitative estimate of drug-likeness (QED) is 0.787. The van der Waals surface area contributed by atoms with Crippen molar-refractivity contribution in [2.45, 2.75) is 19.4 Å². The molecule has 0 radical (unpaired) electrons. The third kappa shape index (κ3) is 2.33. The molecule has 0 aliphatic rings. The number of halogens is 1. The number of benzene rings is 1. The van der Waals surface area contributed by atoms with E-state index in [9.17, 15) is 0 Å². The number of nitrogens with two attached hydrogens (primary N) is 1. The van der Waals surface area contributed by atoms with Crippen LogP contribution >= 0.6 is 15.9 Å². The van der Waals surface area contributed by atoms with Crippen molar-refractivity contribution in [3.63, 3.8) is 0 Å². The average Bonchev–Trinajstić information content (AvgIpc) is 2.10. The number of hydrogen-bond acceptors (Lipinski definition) is 1. The van der Waals surface area contributed by atoms with E-state index in [-0.39, 0.29) is 6.04 Å². The Hall–Kier alpha value is -0.780. The van der Waals surface area contributed by atoms with Crippen LogP contribution in [0, 0.1) is 19.3 Å². The molecule has 2 heteroatoms. The minimum Gasteiger partial charge on any atom is -0.323 e. The fourth-order valence-corrected chi connectivity index (χ4v) is 1.64. The third-order valence-electron chi connectivity index (χ3n) is 2.05. The highest BCUT2D eigenvalue weighted by atomic mass is 79.9. The SMILES string of the molecule is C#CCC(N)c1cccc(Br)c1C. The normalized spacial score (nSPS) is 12.2. The van der Waals surface area contributed by atoms with Gasteiger partial charge >= 0.3 is 0 Å². The molecule has 1 aromatic carbocycles. The van der Waals surface area contributed by atoms with Crippen LogP contribution in [-0.4, -0.2) is 0 Å². The lowest BCUT2D eigenvalue weighted by Crippen LogP contribution is -2.10. The van der Waals surface area contributed by atoms with Gasteiger partial charge in [-0.2, -0.15) is 0 Å². The van der Waals surface area contributed by atoms with Crippen LogP contribution in [0.4, 0.5) is 0 Å². The molecule has 1 rings (SSSR count). The highest BCUT2D eigenvalue weighted by Gasteiger charge is 2.08. The molecule has 13 heavy (non-hydrogen) atoms. The van der Waals surface area contributed by atoms with E-state index in [1.807, 2.05) is 25.1 Å². The van der Waals surface area contributed by atoms with Crippen molar-refractivity contribution in [2.75, 3.05) is 0 Å². The second-order valence-electron chi connectivity index (χ2n) is 2.97. The molecule has 0 heterocycles. The van der Waals surface area contributed by atoms with Crippen molar-refractivity contribution in [3.8, 4) is 12.3 Å². The van der Waals surface area contributed by atoms with Gasteiger partial charge < -0.3 is 5.73 Å². The molecule has 2 N–H and O–H groups in total. The zero-order chi connectivity index (χ0) is 9.84. The van der Waals surface area contributed by atoms with Gasteiger partial charge in [-0.25, -0.2) is 0 Å². The first kappa shape index (κ1) is 10.3. The molecular formula is C11H12BrN. The molecule has 0 saturated heterocycles. The lowest BCUT2D eigenvalue weighted by molar-refractivity contribution is 0.747. The van der Waals surface area contributed by atoms with Crippen LogP contribution in [0.1, 0.15) is 23.6 Å².